The Morgan fingerprint density at radius 3 is 2.64 bits per heavy atom. The molecule has 2 aromatic carbocycles. The molecule has 1 aromatic heterocycles. The number of nitrogen functional groups attached to an aromatic ring is 1. The predicted octanol–water partition coefficient (Wildman–Crippen LogP) is 3.14. The Kier molecular flexibility index (Phi) is 3.55. The molecule has 0 aliphatic heterocycles. The standard InChI is InChI=1S/C17H18N4O/c1-11-8-9-12(2)14(10-11)21-17(18)16(19-20-21)13-6-4-5-7-15(13)22-3/h4-10H,18H2,1-3H3. The summed E-state index contributed by atoms with van der Waals surface area (Å²) in [7, 11) is 1.63. The molecular weight excluding hydrogens is 276 g/mol. The van der Waals surface area contributed by atoms with Crippen LogP contribution in [0.15, 0.2) is 42.5 Å². The molecular formula is C17H18N4O. The van der Waals surface area contributed by atoms with Gasteiger partial charge in [-0.1, -0.05) is 29.5 Å². The van der Waals surface area contributed by atoms with Crippen LogP contribution in [0.3, 0.4) is 0 Å². The summed E-state index contributed by atoms with van der Waals surface area (Å²) in [6.45, 7) is 4.07. The highest BCUT2D eigenvalue weighted by atomic mass is 16.5. The molecule has 5 heteroatoms. The van der Waals surface area contributed by atoms with Crippen molar-refractivity contribution in [3.8, 4) is 22.7 Å². The molecule has 3 rings (SSSR count). The molecule has 0 unspecified atom stereocenters. The van der Waals surface area contributed by atoms with Crippen LogP contribution in [0.25, 0.3) is 16.9 Å². The van der Waals surface area contributed by atoms with Crippen molar-refractivity contribution in [3.05, 3.63) is 53.6 Å². The Bertz CT molecular complexity index is 823. The SMILES string of the molecule is COc1ccccc1-c1nnn(-c2cc(C)ccc2C)c1N. The van der Waals surface area contributed by atoms with E-state index in [1.165, 1.54) is 0 Å². The Balaban J connectivity index is 2.15. The van der Waals surface area contributed by atoms with Crippen LogP contribution in [0.4, 0.5) is 5.82 Å². The number of methoxy groups -OCH3 is 1. The lowest BCUT2D eigenvalue weighted by Crippen LogP contribution is -2.04. The molecule has 0 amide bonds. The van der Waals surface area contributed by atoms with Gasteiger partial charge in [0.2, 0.25) is 0 Å². The van der Waals surface area contributed by atoms with Crippen molar-refractivity contribution < 1.29 is 4.74 Å². The number of hydrogen-bond acceptors (Lipinski definition) is 4. The average Bonchev–Trinajstić information content (AvgIpc) is 2.91. The third kappa shape index (κ3) is 2.30. The molecule has 112 valence electrons. The maximum Gasteiger partial charge on any atom is 0.156 e. The third-order valence-corrected chi connectivity index (χ3v) is 3.66. The number of aromatic nitrogens is 3. The Morgan fingerprint density at radius 1 is 1.09 bits per heavy atom. The summed E-state index contributed by atoms with van der Waals surface area (Å²) in [6.07, 6.45) is 0. The topological polar surface area (TPSA) is 66.0 Å². The van der Waals surface area contributed by atoms with Gasteiger partial charge in [0, 0.05) is 5.56 Å². The van der Waals surface area contributed by atoms with Crippen LogP contribution < -0.4 is 10.5 Å². The first-order chi connectivity index (χ1) is 10.6. The van der Waals surface area contributed by atoms with E-state index >= 15 is 0 Å². The van der Waals surface area contributed by atoms with Crippen LogP contribution >= 0.6 is 0 Å². The Hall–Kier alpha value is -2.82. The van der Waals surface area contributed by atoms with Crippen LogP contribution in [0.5, 0.6) is 5.75 Å². The number of hydrogen-bond donors (Lipinski definition) is 1. The van der Waals surface area contributed by atoms with Gasteiger partial charge < -0.3 is 10.5 Å². The summed E-state index contributed by atoms with van der Waals surface area (Å²) in [6, 6.07) is 13.8. The van der Waals surface area contributed by atoms with Crippen molar-refractivity contribution in [1.29, 1.82) is 0 Å². The summed E-state index contributed by atoms with van der Waals surface area (Å²) < 4.78 is 7.05. The van der Waals surface area contributed by atoms with Gasteiger partial charge in [0.1, 0.15) is 11.4 Å². The maximum absolute atomic E-state index is 6.29. The molecule has 0 bridgehead atoms. The lowest BCUT2D eigenvalue weighted by Gasteiger charge is -2.09. The second-order valence-corrected chi connectivity index (χ2v) is 5.23. The first-order valence-corrected chi connectivity index (χ1v) is 7.04. The molecule has 2 N–H and O–H groups in total. The zero-order chi connectivity index (χ0) is 15.7. The van der Waals surface area contributed by atoms with Crippen molar-refractivity contribution in [3.63, 3.8) is 0 Å². The summed E-state index contributed by atoms with van der Waals surface area (Å²) in [5.41, 5.74) is 10.9. The zero-order valence-electron chi connectivity index (χ0n) is 12.9. The lowest BCUT2D eigenvalue weighted by molar-refractivity contribution is 0.416. The highest BCUT2D eigenvalue weighted by Crippen LogP contribution is 2.33. The van der Waals surface area contributed by atoms with E-state index in [9.17, 15) is 0 Å². The van der Waals surface area contributed by atoms with E-state index < -0.39 is 0 Å². The molecule has 0 saturated heterocycles. The quantitative estimate of drug-likeness (QED) is 0.806. The molecule has 0 aliphatic carbocycles. The van der Waals surface area contributed by atoms with Crippen LogP contribution in [-0.2, 0) is 0 Å². The van der Waals surface area contributed by atoms with Gasteiger partial charge in [-0.25, -0.2) is 0 Å². The first-order valence-electron chi connectivity index (χ1n) is 7.04. The smallest absolute Gasteiger partial charge is 0.156 e. The molecule has 0 radical (unpaired) electrons. The van der Waals surface area contributed by atoms with Gasteiger partial charge in [0.15, 0.2) is 5.82 Å². The number of ether oxygens (including phenoxy) is 1. The highest BCUT2D eigenvalue weighted by molar-refractivity contribution is 5.76. The van der Waals surface area contributed by atoms with Crippen LogP contribution in [0, 0.1) is 13.8 Å². The van der Waals surface area contributed by atoms with Crippen molar-refractivity contribution in [1.82, 2.24) is 15.0 Å². The predicted molar refractivity (Wildman–Crippen MR) is 87.2 cm³/mol. The van der Waals surface area contributed by atoms with Gasteiger partial charge in [0.25, 0.3) is 0 Å². The van der Waals surface area contributed by atoms with Crippen molar-refractivity contribution in [2.75, 3.05) is 12.8 Å². The summed E-state index contributed by atoms with van der Waals surface area (Å²) in [5.74, 6) is 1.22. The van der Waals surface area contributed by atoms with Crippen molar-refractivity contribution >= 4 is 5.82 Å². The first kappa shape index (κ1) is 14.1. The van der Waals surface area contributed by atoms with E-state index in [-0.39, 0.29) is 0 Å². The fourth-order valence-electron chi connectivity index (χ4n) is 2.45. The molecule has 0 atom stereocenters. The fourth-order valence-corrected chi connectivity index (χ4v) is 2.45. The molecule has 3 aromatic rings. The number of nitrogens with two attached hydrogens (primary N) is 1. The monoisotopic (exact) mass is 294 g/mol. The number of aryl methyl sites for hydroxylation is 2. The van der Waals surface area contributed by atoms with Gasteiger partial charge in [0.05, 0.1) is 12.8 Å². The number of nitrogens with zero attached hydrogens (tertiary/aromatic N) is 3. The minimum Gasteiger partial charge on any atom is -0.496 e. The average molecular weight is 294 g/mol. The summed E-state index contributed by atoms with van der Waals surface area (Å²) in [5, 5.41) is 8.48. The molecule has 0 fully saturated rings. The van der Waals surface area contributed by atoms with Gasteiger partial charge in [-0.15, -0.1) is 5.10 Å². The fraction of sp³-hybridized carbons (Fsp3) is 0.176. The molecule has 1 heterocycles. The van der Waals surface area contributed by atoms with Crippen LogP contribution in [-0.4, -0.2) is 22.1 Å². The molecule has 0 aliphatic rings. The zero-order valence-corrected chi connectivity index (χ0v) is 12.9. The van der Waals surface area contributed by atoms with Gasteiger partial charge in [-0.05, 0) is 43.2 Å². The molecule has 22 heavy (non-hydrogen) atoms. The van der Waals surface area contributed by atoms with Gasteiger partial charge in [-0.2, -0.15) is 4.68 Å². The van der Waals surface area contributed by atoms with E-state index in [1.807, 2.05) is 44.2 Å². The Morgan fingerprint density at radius 2 is 1.86 bits per heavy atom. The molecule has 5 nitrogen and oxygen atoms in total. The summed E-state index contributed by atoms with van der Waals surface area (Å²) >= 11 is 0. The van der Waals surface area contributed by atoms with Crippen LogP contribution in [0.2, 0.25) is 0 Å². The second-order valence-electron chi connectivity index (χ2n) is 5.23. The number of anilines is 1. The Labute approximate surface area is 129 Å². The van der Waals surface area contributed by atoms with E-state index in [2.05, 4.69) is 22.4 Å². The lowest BCUT2D eigenvalue weighted by atomic mass is 10.1. The number of rotatable bonds is 3. The van der Waals surface area contributed by atoms with Gasteiger partial charge >= 0.3 is 0 Å². The van der Waals surface area contributed by atoms with Crippen LogP contribution in [0.1, 0.15) is 11.1 Å². The highest BCUT2D eigenvalue weighted by Gasteiger charge is 2.17. The maximum atomic E-state index is 6.29. The molecule has 0 spiro atoms. The van der Waals surface area contributed by atoms with E-state index in [1.54, 1.807) is 11.8 Å². The number of para-hydroxylation sites is 1. The van der Waals surface area contributed by atoms with E-state index in [0.717, 1.165) is 28.1 Å². The van der Waals surface area contributed by atoms with E-state index in [0.29, 0.717) is 11.5 Å². The number of benzene rings is 2. The second kappa shape index (κ2) is 5.52. The van der Waals surface area contributed by atoms with Crippen molar-refractivity contribution in [2.45, 2.75) is 13.8 Å². The third-order valence-electron chi connectivity index (χ3n) is 3.66. The summed E-state index contributed by atoms with van der Waals surface area (Å²) in [4.78, 5) is 0. The largest absolute Gasteiger partial charge is 0.496 e. The molecule has 0 saturated carbocycles. The van der Waals surface area contributed by atoms with E-state index in [4.69, 9.17) is 10.5 Å². The van der Waals surface area contributed by atoms with Gasteiger partial charge in [-0.3, -0.25) is 0 Å². The normalized spacial score (nSPS) is 10.7. The van der Waals surface area contributed by atoms with Crippen molar-refractivity contribution in [2.24, 2.45) is 0 Å². The minimum absolute atomic E-state index is 0.498. The minimum atomic E-state index is 0.498.